The van der Waals surface area contributed by atoms with Crippen LogP contribution in [0.1, 0.15) is 32.3 Å². The van der Waals surface area contributed by atoms with Gasteiger partial charge in [-0.2, -0.15) is 0 Å². The largest absolute Gasteiger partial charge is 0.438 e. The highest BCUT2D eigenvalue weighted by atomic mass is 16.4. The lowest BCUT2D eigenvalue weighted by molar-refractivity contribution is 0.0812. The molecular formula is C20H16N2O3. The Hall–Kier alpha value is -3.21. The minimum Gasteiger partial charge on any atom is -0.438 e. The van der Waals surface area contributed by atoms with E-state index in [0.29, 0.717) is 29.3 Å². The van der Waals surface area contributed by atoms with E-state index in [2.05, 4.69) is 4.98 Å². The number of Topliss-reactive ketones (excluding diaryl/α,β-unsaturated/α-hetero) is 2. The fourth-order valence-electron chi connectivity index (χ4n) is 2.97. The Kier molecular flexibility index (Phi) is 3.50. The summed E-state index contributed by atoms with van der Waals surface area (Å²) in [6, 6.07) is 15.1. The summed E-state index contributed by atoms with van der Waals surface area (Å²) in [5.74, 6) is -0.352. The summed E-state index contributed by atoms with van der Waals surface area (Å²) in [6.07, 6.45) is 0. The Morgan fingerprint density at radius 3 is 2.36 bits per heavy atom. The van der Waals surface area contributed by atoms with E-state index in [-0.39, 0.29) is 5.69 Å². The predicted molar refractivity (Wildman–Crippen MR) is 93.9 cm³/mol. The average molecular weight is 332 g/mol. The van der Waals surface area contributed by atoms with Gasteiger partial charge in [-0.25, -0.2) is 4.98 Å². The molecule has 1 heterocycles. The number of carbonyl (C=O) groups excluding carboxylic acids is 2. The van der Waals surface area contributed by atoms with Crippen LogP contribution in [0.25, 0.3) is 11.3 Å². The predicted octanol–water partition coefficient (Wildman–Crippen LogP) is 3.67. The van der Waals surface area contributed by atoms with Crippen LogP contribution in [0.2, 0.25) is 0 Å². The first-order valence-electron chi connectivity index (χ1n) is 8.00. The van der Waals surface area contributed by atoms with Crippen molar-refractivity contribution in [1.29, 1.82) is 0 Å². The standard InChI is InChI=1S/C20H16N2O3/c1-12-7-9-13(10-8-12)22(2)11-16-21-17-19(24)18(23)14-5-3-4-6-15(14)20(17)25-16/h3-10H,11H2,1-2H3. The molecule has 2 aromatic carbocycles. The Morgan fingerprint density at radius 1 is 0.960 bits per heavy atom. The number of benzene rings is 2. The number of anilines is 1. The van der Waals surface area contributed by atoms with Gasteiger partial charge in [0.1, 0.15) is 0 Å². The zero-order valence-electron chi connectivity index (χ0n) is 13.9. The van der Waals surface area contributed by atoms with Gasteiger partial charge in [-0.1, -0.05) is 42.0 Å². The van der Waals surface area contributed by atoms with Gasteiger partial charge < -0.3 is 9.32 Å². The number of oxazole rings is 1. The fraction of sp³-hybridized carbons (Fsp3) is 0.150. The second-order valence-electron chi connectivity index (χ2n) is 6.18. The Bertz CT molecular complexity index is 986. The maximum Gasteiger partial charge on any atom is 0.255 e. The van der Waals surface area contributed by atoms with Gasteiger partial charge in [-0.15, -0.1) is 0 Å². The molecule has 0 amide bonds. The van der Waals surface area contributed by atoms with Crippen LogP contribution in [0.15, 0.2) is 52.9 Å². The summed E-state index contributed by atoms with van der Waals surface area (Å²) in [7, 11) is 1.93. The van der Waals surface area contributed by atoms with E-state index in [0.717, 1.165) is 5.69 Å². The van der Waals surface area contributed by atoms with Gasteiger partial charge in [-0.3, -0.25) is 9.59 Å². The van der Waals surface area contributed by atoms with E-state index in [1.165, 1.54) is 5.56 Å². The molecular weight excluding hydrogens is 316 g/mol. The number of hydrogen-bond donors (Lipinski definition) is 0. The van der Waals surface area contributed by atoms with Crippen LogP contribution in [-0.4, -0.2) is 23.6 Å². The van der Waals surface area contributed by atoms with Crippen molar-refractivity contribution in [2.75, 3.05) is 11.9 Å². The van der Waals surface area contributed by atoms with Crippen LogP contribution in [0.3, 0.4) is 0 Å². The van der Waals surface area contributed by atoms with Crippen molar-refractivity contribution in [2.45, 2.75) is 13.5 Å². The molecule has 0 N–H and O–H groups in total. The minimum absolute atomic E-state index is 0.107. The molecule has 0 unspecified atom stereocenters. The monoisotopic (exact) mass is 332 g/mol. The lowest BCUT2D eigenvalue weighted by atomic mass is 9.91. The normalized spacial score (nSPS) is 12.7. The molecule has 1 aliphatic carbocycles. The fourth-order valence-corrected chi connectivity index (χ4v) is 2.97. The summed E-state index contributed by atoms with van der Waals surface area (Å²) < 4.78 is 5.84. The maximum atomic E-state index is 12.3. The maximum absolute atomic E-state index is 12.3. The molecule has 0 saturated heterocycles. The van der Waals surface area contributed by atoms with E-state index in [9.17, 15) is 9.59 Å². The van der Waals surface area contributed by atoms with Crippen molar-refractivity contribution in [3.05, 3.63) is 71.2 Å². The van der Waals surface area contributed by atoms with Gasteiger partial charge in [0.25, 0.3) is 5.78 Å². The Labute approximate surface area is 144 Å². The summed E-state index contributed by atoms with van der Waals surface area (Å²) >= 11 is 0. The van der Waals surface area contributed by atoms with Gasteiger partial charge in [0.05, 0.1) is 6.54 Å². The van der Waals surface area contributed by atoms with Gasteiger partial charge in [0.15, 0.2) is 11.5 Å². The van der Waals surface area contributed by atoms with Crippen molar-refractivity contribution in [3.8, 4) is 11.3 Å². The Balaban J connectivity index is 1.69. The van der Waals surface area contributed by atoms with Crippen molar-refractivity contribution in [2.24, 2.45) is 0 Å². The second kappa shape index (κ2) is 5.70. The third kappa shape index (κ3) is 2.54. The summed E-state index contributed by atoms with van der Waals surface area (Å²) in [5, 5.41) is 0. The van der Waals surface area contributed by atoms with Crippen molar-refractivity contribution in [3.63, 3.8) is 0 Å². The molecule has 1 aromatic heterocycles. The van der Waals surface area contributed by atoms with E-state index in [1.54, 1.807) is 18.2 Å². The number of aromatic nitrogens is 1. The molecule has 5 nitrogen and oxygen atoms in total. The number of carbonyl (C=O) groups is 2. The first-order chi connectivity index (χ1) is 12.0. The first-order valence-corrected chi connectivity index (χ1v) is 8.00. The molecule has 0 bridgehead atoms. The zero-order valence-corrected chi connectivity index (χ0v) is 13.9. The number of fused-ring (bicyclic) bond motifs is 3. The molecule has 5 heteroatoms. The highest BCUT2D eigenvalue weighted by Gasteiger charge is 2.35. The van der Waals surface area contributed by atoms with E-state index in [4.69, 9.17) is 4.42 Å². The lowest BCUT2D eigenvalue weighted by Crippen LogP contribution is -2.21. The Morgan fingerprint density at radius 2 is 1.64 bits per heavy atom. The van der Waals surface area contributed by atoms with Gasteiger partial charge >= 0.3 is 0 Å². The molecule has 4 rings (SSSR count). The summed E-state index contributed by atoms with van der Waals surface area (Å²) in [6.45, 7) is 2.44. The number of rotatable bonds is 3. The van der Waals surface area contributed by atoms with Crippen molar-refractivity contribution < 1.29 is 14.0 Å². The van der Waals surface area contributed by atoms with Crippen LogP contribution >= 0.6 is 0 Å². The van der Waals surface area contributed by atoms with Crippen molar-refractivity contribution in [1.82, 2.24) is 4.98 Å². The average Bonchev–Trinajstić information content (AvgIpc) is 3.04. The number of aryl methyl sites for hydroxylation is 1. The topological polar surface area (TPSA) is 63.4 Å². The SMILES string of the molecule is Cc1ccc(N(C)Cc2nc3c(o2)-c2ccccc2C(=O)C3=O)cc1. The first kappa shape index (κ1) is 15.3. The molecule has 25 heavy (non-hydrogen) atoms. The molecule has 3 aromatic rings. The zero-order chi connectivity index (χ0) is 17.6. The van der Waals surface area contributed by atoms with Crippen molar-refractivity contribution >= 4 is 17.3 Å². The molecule has 0 saturated carbocycles. The summed E-state index contributed by atoms with van der Waals surface area (Å²) in [5.41, 5.74) is 3.30. The van der Waals surface area contributed by atoms with Gasteiger partial charge in [0.2, 0.25) is 11.7 Å². The number of nitrogens with zero attached hydrogens (tertiary/aromatic N) is 2. The van der Waals surface area contributed by atoms with Crippen LogP contribution < -0.4 is 4.90 Å². The van der Waals surface area contributed by atoms with Crippen LogP contribution in [0.5, 0.6) is 0 Å². The quantitative estimate of drug-likeness (QED) is 0.685. The molecule has 0 radical (unpaired) electrons. The van der Waals surface area contributed by atoms with Crippen LogP contribution in [-0.2, 0) is 6.54 Å². The highest BCUT2D eigenvalue weighted by Crippen LogP contribution is 2.34. The third-order valence-corrected chi connectivity index (χ3v) is 4.36. The summed E-state index contributed by atoms with van der Waals surface area (Å²) in [4.78, 5) is 30.8. The number of ketones is 2. The lowest BCUT2D eigenvalue weighted by Gasteiger charge is -2.17. The van der Waals surface area contributed by atoms with E-state index < -0.39 is 11.6 Å². The van der Waals surface area contributed by atoms with Gasteiger partial charge in [0, 0.05) is 23.9 Å². The second-order valence-corrected chi connectivity index (χ2v) is 6.18. The van der Waals surface area contributed by atoms with Crippen LogP contribution in [0.4, 0.5) is 5.69 Å². The molecule has 0 fully saturated rings. The smallest absolute Gasteiger partial charge is 0.255 e. The molecule has 0 atom stereocenters. The van der Waals surface area contributed by atoms with E-state index in [1.807, 2.05) is 49.2 Å². The van der Waals surface area contributed by atoms with E-state index >= 15 is 0 Å². The third-order valence-electron chi connectivity index (χ3n) is 4.36. The molecule has 0 aliphatic heterocycles. The minimum atomic E-state index is -0.610. The molecule has 1 aliphatic rings. The van der Waals surface area contributed by atoms with Crippen LogP contribution in [0, 0.1) is 6.92 Å². The molecule has 0 spiro atoms. The van der Waals surface area contributed by atoms with Gasteiger partial charge in [-0.05, 0) is 19.1 Å². The number of hydrogen-bond acceptors (Lipinski definition) is 5. The highest BCUT2D eigenvalue weighted by molar-refractivity contribution is 6.52. The molecule has 124 valence electrons.